The molecule has 1 aromatic rings. The fraction of sp³-hybridized carbons (Fsp3) is 0.611. The van der Waals surface area contributed by atoms with E-state index in [9.17, 15) is 4.79 Å². The van der Waals surface area contributed by atoms with E-state index in [0.717, 1.165) is 25.9 Å². The van der Waals surface area contributed by atoms with Gasteiger partial charge in [0, 0.05) is 13.1 Å². The first-order valence-corrected chi connectivity index (χ1v) is 8.20. The first-order valence-electron chi connectivity index (χ1n) is 8.20. The lowest BCUT2D eigenvalue weighted by atomic mass is 10.0. The molecule has 1 aliphatic carbocycles. The Bertz CT molecular complexity index is 489. The van der Waals surface area contributed by atoms with Gasteiger partial charge in [0.2, 0.25) is 5.91 Å². The lowest BCUT2D eigenvalue weighted by Gasteiger charge is -2.21. The zero-order chi connectivity index (χ0) is 15.5. The van der Waals surface area contributed by atoms with Crippen LogP contribution in [0, 0.1) is 11.8 Å². The summed E-state index contributed by atoms with van der Waals surface area (Å²) in [5.41, 5.74) is 1.24. The van der Waals surface area contributed by atoms with Crippen LogP contribution in [0.2, 0.25) is 0 Å². The molecule has 1 unspecified atom stereocenters. The van der Waals surface area contributed by atoms with Crippen molar-refractivity contribution in [2.24, 2.45) is 11.8 Å². The number of benzene rings is 1. The fourth-order valence-electron chi connectivity index (χ4n) is 3.74. The minimum absolute atomic E-state index is 0.265. The van der Waals surface area contributed by atoms with Crippen LogP contribution in [0.5, 0.6) is 0 Å². The van der Waals surface area contributed by atoms with Crippen LogP contribution in [0.1, 0.15) is 18.4 Å². The number of nitrogens with zero attached hydrogens (tertiary/aromatic N) is 2. The largest absolute Gasteiger partial charge is 0.374 e. The molecule has 0 spiro atoms. The quantitative estimate of drug-likeness (QED) is 0.834. The van der Waals surface area contributed by atoms with Crippen LogP contribution in [0.3, 0.4) is 0 Å². The number of hydrogen-bond donors (Lipinski definition) is 0. The maximum absolute atomic E-state index is 12.1. The second-order valence-electron chi connectivity index (χ2n) is 6.95. The molecule has 3 rings (SSSR count). The van der Waals surface area contributed by atoms with E-state index in [-0.39, 0.29) is 5.91 Å². The Balaban J connectivity index is 1.44. The molecule has 0 radical (unpaired) electrons. The predicted molar refractivity (Wildman–Crippen MR) is 86.4 cm³/mol. The number of rotatable bonds is 5. The van der Waals surface area contributed by atoms with E-state index < -0.39 is 0 Å². The van der Waals surface area contributed by atoms with E-state index in [1.54, 1.807) is 0 Å². The minimum atomic E-state index is 0.265. The maximum Gasteiger partial charge on any atom is 0.236 e. The van der Waals surface area contributed by atoms with Crippen molar-refractivity contribution >= 4 is 5.91 Å². The number of carbonyl (C=O) groups is 1. The number of carbonyl (C=O) groups excluding carboxylic acids is 1. The highest BCUT2D eigenvalue weighted by atomic mass is 16.5. The average Bonchev–Trinajstić information content (AvgIpc) is 3.03. The number of likely N-dealkylation sites (N-methyl/N-ethyl adjacent to an activating group) is 1. The molecule has 4 nitrogen and oxygen atoms in total. The number of fused-ring (bicyclic) bond motifs is 1. The standard InChI is InChI=1S/C18H26N2O2/c1-19(2)12-18(21)20-10-15-8-17(9-16(15)11-20)22-13-14-6-4-3-5-7-14/h3-7,15-17H,8-13H2,1-2H3/t15-,16+,17?. The second kappa shape index (κ2) is 6.80. The minimum Gasteiger partial charge on any atom is -0.374 e. The third-order valence-electron chi connectivity index (χ3n) is 4.84. The number of ether oxygens (including phenoxy) is 1. The van der Waals surface area contributed by atoms with Gasteiger partial charge in [0.1, 0.15) is 0 Å². The molecule has 3 atom stereocenters. The maximum atomic E-state index is 12.1. The number of amides is 1. The van der Waals surface area contributed by atoms with Crippen molar-refractivity contribution in [2.75, 3.05) is 33.7 Å². The van der Waals surface area contributed by atoms with Crippen molar-refractivity contribution in [3.8, 4) is 0 Å². The van der Waals surface area contributed by atoms with E-state index in [1.807, 2.05) is 30.0 Å². The molecule has 1 amide bonds. The van der Waals surface area contributed by atoms with Gasteiger partial charge in [-0.3, -0.25) is 4.79 Å². The van der Waals surface area contributed by atoms with E-state index >= 15 is 0 Å². The summed E-state index contributed by atoms with van der Waals surface area (Å²) >= 11 is 0. The van der Waals surface area contributed by atoms with Gasteiger partial charge in [0.05, 0.1) is 19.3 Å². The van der Waals surface area contributed by atoms with Crippen molar-refractivity contribution < 1.29 is 9.53 Å². The fourth-order valence-corrected chi connectivity index (χ4v) is 3.74. The van der Waals surface area contributed by atoms with Crippen molar-refractivity contribution in [1.29, 1.82) is 0 Å². The topological polar surface area (TPSA) is 32.8 Å². The Morgan fingerprint density at radius 3 is 2.41 bits per heavy atom. The molecule has 1 aliphatic heterocycles. The first-order chi connectivity index (χ1) is 10.6. The molecule has 0 aromatic heterocycles. The van der Waals surface area contributed by atoms with Crippen molar-refractivity contribution in [3.63, 3.8) is 0 Å². The van der Waals surface area contributed by atoms with Crippen molar-refractivity contribution in [3.05, 3.63) is 35.9 Å². The van der Waals surface area contributed by atoms with Gasteiger partial charge in [-0.2, -0.15) is 0 Å². The lowest BCUT2D eigenvalue weighted by molar-refractivity contribution is -0.131. The molecule has 120 valence electrons. The first kappa shape index (κ1) is 15.5. The molecule has 2 fully saturated rings. The second-order valence-corrected chi connectivity index (χ2v) is 6.95. The van der Waals surface area contributed by atoms with Gasteiger partial charge < -0.3 is 14.5 Å². The van der Waals surface area contributed by atoms with Crippen LogP contribution in [-0.2, 0) is 16.1 Å². The Morgan fingerprint density at radius 2 is 1.82 bits per heavy atom. The Morgan fingerprint density at radius 1 is 1.18 bits per heavy atom. The normalized spacial score (nSPS) is 27.4. The lowest BCUT2D eigenvalue weighted by Crippen LogP contribution is -2.37. The molecule has 0 N–H and O–H groups in total. The van der Waals surface area contributed by atoms with Crippen LogP contribution < -0.4 is 0 Å². The van der Waals surface area contributed by atoms with E-state index in [1.165, 1.54) is 5.56 Å². The van der Waals surface area contributed by atoms with Crippen LogP contribution in [-0.4, -0.2) is 55.5 Å². The third kappa shape index (κ3) is 3.68. The Labute approximate surface area is 133 Å². The van der Waals surface area contributed by atoms with Crippen LogP contribution in [0.4, 0.5) is 0 Å². The summed E-state index contributed by atoms with van der Waals surface area (Å²) in [5.74, 6) is 1.53. The molecule has 1 saturated heterocycles. The molecule has 1 saturated carbocycles. The number of likely N-dealkylation sites (tertiary alicyclic amines) is 1. The summed E-state index contributed by atoms with van der Waals surface area (Å²) in [7, 11) is 3.89. The van der Waals surface area contributed by atoms with Gasteiger partial charge in [0.15, 0.2) is 0 Å². The zero-order valence-corrected chi connectivity index (χ0v) is 13.6. The molecule has 1 heterocycles. The predicted octanol–water partition coefficient (Wildman–Crippen LogP) is 2.00. The van der Waals surface area contributed by atoms with Crippen LogP contribution in [0.25, 0.3) is 0 Å². The highest BCUT2D eigenvalue weighted by Gasteiger charge is 2.42. The third-order valence-corrected chi connectivity index (χ3v) is 4.84. The van der Waals surface area contributed by atoms with E-state index in [0.29, 0.717) is 31.1 Å². The number of hydrogen-bond acceptors (Lipinski definition) is 3. The van der Waals surface area contributed by atoms with Gasteiger partial charge in [-0.1, -0.05) is 30.3 Å². The van der Waals surface area contributed by atoms with Gasteiger partial charge >= 0.3 is 0 Å². The summed E-state index contributed by atoms with van der Waals surface area (Å²) in [5, 5.41) is 0. The molecule has 1 aromatic carbocycles. The molecule has 2 aliphatic rings. The summed E-state index contributed by atoms with van der Waals surface area (Å²) in [6.45, 7) is 3.06. The molecule has 0 bridgehead atoms. The van der Waals surface area contributed by atoms with Crippen LogP contribution in [0.15, 0.2) is 30.3 Å². The van der Waals surface area contributed by atoms with Gasteiger partial charge in [-0.15, -0.1) is 0 Å². The highest BCUT2D eigenvalue weighted by Crippen LogP contribution is 2.39. The summed E-state index contributed by atoms with van der Waals surface area (Å²) in [6, 6.07) is 10.4. The molecule has 4 heteroatoms. The zero-order valence-electron chi connectivity index (χ0n) is 13.6. The summed E-state index contributed by atoms with van der Waals surface area (Å²) in [4.78, 5) is 16.1. The summed E-state index contributed by atoms with van der Waals surface area (Å²) in [6.07, 6.45) is 2.56. The SMILES string of the molecule is CN(C)CC(=O)N1C[C@H]2CC(OCc3ccccc3)C[C@H]2C1. The summed E-state index contributed by atoms with van der Waals surface area (Å²) < 4.78 is 6.07. The van der Waals surface area contributed by atoms with Gasteiger partial charge in [-0.25, -0.2) is 0 Å². The molecular formula is C18H26N2O2. The van der Waals surface area contributed by atoms with Crippen LogP contribution >= 0.6 is 0 Å². The average molecular weight is 302 g/mol. The van der Waals surface area contributed by atoms with Gasteiger partial charge in [-0.05, 0) is 44.3 Å². The smallest absolute Gasteiger partial charge is 0.236 e. The monoisotopic (exact) mass is 302 g/mol. The van der Waals surface area contributed by atoms with E-state index in [2.05, 4.69) is 24.3 Å². The highest BCUT2D eigenvalue weighted by molar-refractivity contribution is 5.78. The van der Waals surface area contributed by atoms with Crippen molar-refractivity contribution in [2.45, 2.75) is 25.6 Å². The van der Waals surface area contributed by atoms with E-state index in [4.69, 9.17) is 4.74 Å². The molecular weight excluding hydrogens is 276 g/mol. The van der Waals surface area contributed by atoms with Crippen molar-refractivity contribution in [1.82, 2.24) is 9.80 Å². The molecule has 22 heavy (non-hydrogen) atoms. The Hall–Kier alpha value is -1.39. The Kier molecular flexibility index (Phi) is 4.79. The van der Waals surface area contributed by atoms with Gasteiger partial charge in [0.25, 0.3) is 0 Å².